The van der Waals surface area contributed by atoms with Crippen LogP contribution in [0.1, 0.15) is 5.76 Å². The largest absolute Gasteiger partial charge is 0.501 e. The summed E-state index contributed by atoms with van der Waals surface area (Å²) >= 11 is 0. The first-order chi connectivity index (χ1) is 9.72. The van der Waals surface area contributed by atoms with Crippen molar-refractivity contribution in [3.05, 3.63) is 48.2 Å². The molecule has 0 unspecified atom stereocenters. The van der Waals surface area contributed by atoms with Crippen molar-refractivity contribution in [3.8, 4) is 0 Å². The molecule has 9 heteroatoms. The lowest BCUT2D eigenvalue weighted by Gasteiger charge is -2.13. The minimum atomic E-state index is -5.65. The third kappa shape index (κ3) is 3.18. The number of sulfone groups is 1. The highest BCUT2D eigenvalue weighted by Gasteiger charge is 2.48. The van der Waals surface area contributed by atoms with Gasteiger partial charge in [-0.2, -0.15) is 13.2 Å². The molecule has 0 atom stereocenters. The third-order valence-corrected chi connectivity index (χ3v) is 4.10. The molecule has 1 aromatic carbocycles. The lowest BCUT2D eigenvalue weighted by Crippen LogP contribution is -2.24. The SMILES string of the molecule is O=S(=O)(c1cc(F)ccc1NCc1ccco1)C(F)(F)F. The van der Waals surface area contributed by atoms with Gasteiger partial charge in [0, 0.05) is 0 Å². The van der Waals surface area contributed by atoms with Crippen LogP contribution in [0.3, 0.4) is 0 Å². The molecular weight excluding hydrogens is 314 g/mol. The molecule has 4 nitrogen and oxygen atoms in total. The first-order valence-electron chi connectivity index (χ1n) is 5.59. The summed E-state index contributed by atoms with van der Waals surface area (Å²) in [6.45, 7) is -0.0426. The Morgan fingerprint density at radius 2 is 1.90 bits per heavy atom. The van der Waals surface area contributed by atoms with Gasteiger partial charge in [-0.3, -0.25) is 0 Å². The molecule has 0 aliphatic rings. The number of hydrogen-bond donors (Lipinski definition) is 1. The molecule has 0 fully saturated rings. The monoisotopic (exact) mass is 323 g/mol. The molecule has 0 aliphatic carbocycles. The van der Waals surface area contributed by atoms with E-state index in [0.717, 1.165) is 12.1 Å². The molecule has 0 aliphatic heterocycles. The molecule has 2 rings (SSSR count). The zero-order valence-corrected chi connectivity index (χ0v) is 11.1. The number of furan rings is 1. The van der Waals surface area contributed by atoms with Crippen LogP contribution in [-0.4, -0.2) is 13.9 Å². The molecule has 0 radical (unpaired) electrons. The second-order valence-electron chi connectivity index (χ2n) is 4.02. The maximum Gasteiger partial charge on any atom is 0.501 e. The van der Waals surface area contributed by atoms with E-state index in [1.807, 2.05) is 0 Å². The highest BCUT2D eigenvalue weighted by Crippen LogP contribution is 2.34. The van der Waals surface area contributed by atoms with E-state index in [0.29, 0.717) is 11.8 Å². The van der Waals surface area contributed by atoms with Crippen LogP contribution in [0.25, 0.3) is 0 Å². The highest BCUT2D eigenvalue weighted by atomic mass is 32.2. The fraction of sp³-hybridized carbons (Fsp3) is 0.167. The number of alkyl halides is 3. The maximum absolute atomic E-state index is 13.1. The van der Waals surface area contributed by atoms with E-state index in [1.165, 1.54) is 6.26 Å². The second-order valence-corrected chi connectivity index (χ2v) is 5.93. The first-order valence-corrected chi connectivity index (χ1v) is 7.07. The van der Waals surface area contributed by atoms with Crippen molar-refractivity contribution in [2.45, 2.75) is 16.9 Å². The summed E-state index contributed by atoms with van der Waals surface area (Å²) in [5.74, 6) is -0.698. The van der Waals surface area contributed by atoms with Crippen LogP contribution in [-0.2, 0) is 16.4 Å². The van der Waals surface area contributed by atoms with Crippen molar-refractivity contribution in [2.75, 3.05) is 5.32 Å². The number of anilines is 1. The predicted molar refractivity (Wildman–Crippen MR) is 65.7 cm³/mol. The summed E-state index contributed by atoms with van der Waals surface area (Å²) in [5, 5.41) is 2.48. The maximum atomic E-state index is 13.1. The van der Waals surface area contributed by atoms with Gasteiger partial charge in [0.25, 0.3) is 9.84 Å². The highest BCUT2D eigenvalue weighted by molar-refractivity contribution is 7.92. The lowest BCUT2D eigenvalue weighted by atomic mass is 10.3. The Labute approximate surface area is 117 Å². The molecule has 0 spiro atoms. The van der Waals surface area contributed by atoms with Gasteiger partial charge in [0.15, 0.2) is 0 Å². The summed E-state index contributed by atoms with van der Waals surface area (Å²) in [6, 6.07) is 5.23. The predicted octanol–water partition coefficient (Wildman–Crippen LogP) is 3.32. The minimum Gasteiger partial charge on any atom is -0.467 e. The average Bonchev–Trinajstić information content (AvgIpc) is 2.89. The van der Waals surface area contributed by atoms with Crippen LogP contribution >= 0.6 is 0 Å². The van der Waals surface area contributed by atoms with E-state index < -0.39 is 26.1 Å². The van der Waals surface area contributed by atoms with Crippen LogP contribution in [0.5, 0.6) is 0 Å². The van der Waals surface area contributed by atoms with Gasteiger partial charge in [0.05, 0.1) is 18.5 Å². The van der Waals surface area contributed by atoms with E-state index in [2.05, 4.69) is 5.32 Å². The van der Waals surface area contributed by atoms with E-state index in [9.17, 15) is 26.0 Å². The van der Waals surface area contributed by atoms with Gasteiger partial charge in [0.2, 0.25) is 0 Å². The molecule has 1 aromatic heterocycles. The quantitative estimate of drug-likeness (QED) is 0.877. The van der Waals surface area contributed by atoms with E-state index in [4.69, 9.17) is 4.42 Å². The normalized spacial score (nSPS) is 12.4. The Morgan fingerprint density at radius 3 is 2.48 bits per heavy atom. The molecule has 0 saturated heterocycles. The van der Waals surface area contributed by atoms with Crippen LogP contribution in [0, 0.1) is 5.82 Å². The Hall–Kier alpha value is -2.03. The molecule has 21 heavy (non-hydrogen) atoms. The Balaban J connectivity index is 2.39. The van der Waals surface area contributed by atoms with Gasteiger partial charge < -0.3 is 9.73 Å². The lowest BCUT2D eigenvalue weighted by molar-refractivity contribution is -0.0435. The van der Waals surface area contributed by atoms with Crippen molar-refractivity contribution in [1.82, 2.24) is 0 Å². The van der Waals surface area contributed by atoms with Gasteiger partial charge in [0.1, 0.15) is 16.5 Å². The summed E-state index contributed by atoms with van der Waals surface area (Å²) in [7, 11) is -5.65. The van der Waals surface area contributed by atoms with E-state index >= 15 is 0 Å². The smallest absolute Gasteiger partial charge is 0.467 e. The number of rotatable bonds is 4. The Morgan fingerprint density at radius 1 is 1.19 bits per heavy atom. The molecule has 0 saturated carbocycles. The van der Waals surface area contributed by atoms with Crippen LogP contribution < -0.4 is 5.32 Å². The number of benzene rings is 1. The average molecular weight is 323 g/mol. The molecule has 0 amide bonds. The van der Waals surface area contributed by atoms with Crippen LogP contribution in [0.4, 0.5) is 23.2 Å². The van der Waals surface area contributed by atoms with Gasteiger partial charge in [-0.1, -0.05) is 0 Å². The van der Waals surface area contributed by atoms with Crippen LogP contribution in [0.2, 0.25) is 0 Å². The number of nitrogens with one attached hydrogen (secondary N) is 1. The molecule has 114 valence electrons. The number of hydrogen-bond acceptors (Lipinski definition) is 4. The Bertz CT molecular complexity index is 723. The fourth-order valence-corrected chi connectivity index (χ4v) is 2.53. The molecule has 1 N–H and O–H groups in total. The topological polar surface area (TPSA) is 59.3 Å². The number of halogens is 4. The zero-order valence-electron chi connectivity index (χ0n) is 10.3. The van der Waals surface area contributed by atoms with Gasteiger partial charge in [-0.15, -0.1) is 0 Å². The standard InChI is InChI=1S/C12H9F4NO3S/c13-8-3-4-10(17-7-9-2-1-5-20-9)11(6-8)21(18,19)12(14,15)16/h1-6,17H,7H2. The minimum absolute atomic E-state index is 0.0426. The fourth-order valence-electron chi connectivity index (χ4n) is 1.58. The van der Waals surface area contributed by atoms with Crippen LogP contribution in [0.15, 0.2) is 45.9 Å². The zero-order chi connectivity index (χ0) is 15.7. The molecule has 1 heterocycles. The van der Waals surface area contributed by atoms with Gasteiger partial charge in [-0.25, -0.2) is 12.8 Å². The van der Waals surface area contributed by atoms with Crippen molar-refractivity contribution < 1.29 is 30.4 Å². The van der Waals surface area contributed by atoms with Gasteiger partial charge in [-0.05, 0) is 30.3 Å². The summed E-state index contributed by atoms with van der Waals surface area (Å²) in [5.41, 5.74) is -5.87. The molecule has 2 aromatic rings. The third-order valence-electron chi connectivity index (χ3n) is 2.57. The van der Waals surface area contributed by atoms with E-state index in [1.54, 1.807) is 12.1 Å². The first kappa shape index (κ1) is 15.4. The van der Waals surface area contributed by atoms with Crippen molar-refractivity contribution in [1.29, 1.82) is 0 Å². The van der Waals surface area contributed by atoms with Crippen molar-refractivity contribution >= 4 is 15.5 Å². The van der Waals surface area contributed by atoms with Gasteiger partial charge >= 0.3 is 5.51 Å². The molecular formula is C12H9F4NO3S. The summed E-state index contributed by atoms with van der Waals surface area (Å²) in [4.78, 5) is -1.17. The van der Waals surface area contributed by atoms with Crippen molar-refractivity contribution in [2.24, 2.45) is 0 Å². The van der Waals surface area contributed by atoms with Crippen molar-refractivity contribution in [3.63, 3.8) is 0 Å². The second kappa shape index (κ2) is 5.40. The molecule has 0 bridgehead atoms. The summed E-state index contributed by atoms with van der Waals surface area (Å²) < 4.78 is 78.7. The summed E-state index contributed by atoms with van der Waals surface area (Å²) in [6.07, 6.45) is 1.36. The Kier molecular flexibility index (Phi) is 3.95. The van der Waals surface area contributed by atoms with E-state index in [-0.39, 0.29) is 12.2 Å².